The number of benzene rings is 1. The van der Waals surface area contributed by atoms with Gasteiger partial charge in [0.05, 0.1) is 30.6 Å². The molecule has 6 rings (SSSR count). The minimum Gasteiger partial charge on any atom is -0.496 e. The second kappa shape index (κ2) is 11.8. The Kier molecular flexibility index (Phi) is 7.75. The molecule has 0 radical (unpaired) electrons. The fraction of sp³-hybridized carbons (Fsp3) is 0.379. The number of hydrogen-bond donors (Lipinski definition) is 2. The summed E-state index contributed by atoms with van der Waals surface area (Å²) in [5.41, 5.74) is 2.63. The van der Waals surface area contributed by atoms with Gasteiger partial charge in [0.15, 0.2) is 5.82 Å². The summed E-state index contributed by atoms with van der Waals surface area (Å²) < 4.78 is 41.6. The van der Waals surface area contributed by atoms with Crippen molar-refractivity contribution in [1.29, 1.82) is 0 Å². The first kappa shape index (κ1) is 27.0. The van der Waals surface area contributed by atoms with Gasteiger partial charge in [0, 0.05) is 62.1 Å². The molecule has 1 aromatic carbocycles. The van der Waals surface area contributed by atoms with Crippen molar-refractivity contribution in [3.8, 4) is 28.3 Å². The Balaban J connectivity index is 1.33. The Bertz CT molecular complexity index is 1510. The second-order valence-electron chi connectivity index (χ2n) is 10.2. The topological polar surface area (TPSA) is 110 Å². The predicted octanol–water partition coefficient (Wildman–Crippen LogP) is 4.55. The number of pyridine rings is 1. The van der Waals surface area contributed by atoms with Crippen LogP contribution < -0.4 is 15.0 Å². The Morgan fingerprint density at radius 2 is 1.95 bits per heavy atom. The molecule has 3 aromatic heterocycles. The summed E-state index contributed by atoms with van der Waals surface area (Å²) in [6.07, 6.45) is 6.72. The van der Waals surface area contributed by atoms with Crippen molar-refractivity contribution >= 4 is 17.3 Å². The van der Waals surface area contributed by atoms with Gasteiger partial charge in [0.2, 0.25) is 0 Å². The normalized spacial score (nSPS) is 19.8. The van der Waals surface area contributed by atoms with Gasteiger partial charge >= 0.3 is 0 Å². The Morgan fingerprint density at radius 1 is 1.10 bits per heavy atom. The summed E-state index contributed by atoms with van der Waals surface area (Å²) in [7, 11) is 1.46. The third-order valence-corrected chi connectivity index (χ3v) is 7.53. The molecule has 2 fully saturated rings. The summed E-state index contributed by atoms with van der Waals surface area (Å²) in [6, 6.07) is 8.29. The molecule has 41 heavy (non-hydrogen) atoms. The van der Waals surface area contributed by atoms with Gasteiger partial charge in [0.1, 0.15) is 35.5 Å². The highest BCUT2D eigenvalue weighted by Crippen LogP contribution is 2.36. The molecule has 0 unspecified atom stereocenters. The number of aliphatic hydroxyl groups is 1. The van der Waals surface area contributed by atoms with Crippen LogP contribution in [0.3, 0.4) is 0 Å². The molecule has 5 heterocycles. The number of ether oxygens (including phenoxy) is 2. The minimum atomic E-state index is -1.26. The molecule has 2 atom stereocenters. The molecule has 2 aliphatic rings. The number of aromatic nitrogens is 5. The largest absolute Gasteiger partial charge is 0.496 e. The SMILES string of the molecule is COc1cccc(F)c1-c1nccc(Nc2cc(N3CC[C@@H](F)[C@H](O)C3)c(-c3cnn(C4CCOCC4)c3)cn2)n1. The molecule has 2 saturated heterocycles. The van der Waals surface area contributed by atoms with Gasteiger partial charge in [-0.25, -0.2) is 23.7 Å². The maximum absolute atomic E-state index is 14.7. The molecule has 12 heteroatoms. The Labute approximate surface area is 236 Å². The number of nitrogens with one attached hydrogen (secondary N) is 1. The van der Waals surface area contributed by atoms with Gasteiger partial charge in [-0.1, -0.05) is 6.07 Å². The third-order valence-electron chi connectivity index (χ3n) is 7.53. The highest BCUT2D eigenvalue weighted by molar-refractivity contribution is 5.80. The van der Waals surface area contributed by atoms with Crippen molar-refractivity contribution in [2.75, 3.05) is 43.6 Å². The lowest BCUT2D eigenvalue weighted by molar-refractivity contribution is 0.0645. The van der Waals surface area contributed by atoms with Gasteiger partial charge < -0.3 is 24.8 Å². The van der Waals surface area contributed by atoms with E-state index >= 15 is 0 Å². The fourth-order valence-corrected chi connectivity index (χ4v) is 5.32. The van der Waals surface area contributed by atoms with Crippen molar-refractivity contribution in [2.45, 2.75) is 37.6 Å². The van der Waals surface area contributed by atoms with Gasteiger partial charge in [-0.2, -0.15) is 5.10 Å². The number of nitrogens with zero attached hydrogens (tertiary/aromatic N) is 6. The highest BCUT2D eigenvalue weighted by Gasteiger charge is 2.29. The minimum absolute atomic E-state index is 0.149. The monoisotopic (exact) mass is 563 g/mol. The Morgan fingerprint density at radius 3 is 2.76 bits per heavy atom. The number of methoxy groups -OCH3 is 1. The van der Waals surface area contributed by atoms with E-state index in [-0.39, 0.29) is 30.4 Å². The fourth-order valence-electron chi connectivity index (χ4n) is 5.32. The molecular weight excluding hydrogens is 532 g/mol. The van der Waals surface area contributed by atoms with E-state index in [9.17, 15) is 13.9 Å². The lowest BCUT2D eigenvalue weighted by Crippen LogP contribution is -2.45. The number of aliphatic hydroxyl groups excluding tert-OH is 1. The van der Waals surface area contributed by atoms with Crippen molar-refractivity contribution in [3.05, 3.63) is 60.9 Å². The van der Waals surface area contributed by atoms with Crippen molar-refractivity contribution in [3.63, 3.8) is 0 Å². The van der Waals surface area contributed by atoms with E-state index in [1.165, 1.54) is 19.4 Å². The lowest BCUT2D eigenvalue weighted by atomic mass is 10.0. The third kappa shape index (κ3) is 5.70. The molecule has 2 aliphatic heterocycles. The zero-order valence-corrected chi connectivity index (χ0v) is 22.6. The molecule has 214 valence electrons. The number of rotatable bonds is 7. The molecular formula is C29H31F2N7O3. The zero-order valence-electron chi connectivity index (χ0n) is 22.6. The van der Waals surface area contributed by atoms with E-state index in [4.69, 9.17) is 9.47 Å². The van der Waals surface area contributed by atoms with Crippen molar-refractivity contribution < 1.29 is 23.4 Å². The van der Waals surface area contributed by atoms with Crippen LogP contribution in [-0.4, -0.2) is 75.5 Å². The van der Waals surface area contributed by atoms with E-state index in [0.717, 1.165) is 29.7 Å². The molecule has 0 amide bonds. The van der Waals surface area contributed by atoms with Crippen LogP contribution in [0, 0.1) is 5.82 Å². The van der Waals surface area contributed by atoms with Crippen molar-refractivity contribution in [1.82, 2.24) is 24.7 Å². The average Bonchev–Trinajstić information content (AvgIpc) is 3.49. The van der Waals surface area contributed by atoms with Crippen LogP contribution in [0.15, 0.2) is 55.1 Å². The van der Waals surface area contributed by atoms with E-state index < -0.39 is 18.1 Å². The van der Waals surface area contributed by atoms with Gasteiger partial charge in [-0.3, -0.25) is 4.68 Å². The molecule has 10 nitrogen and oxygen atoms in total. The lowest BCUT2D eigenvalue weighted by Gasteiger charge is -2.35. The predicted molar refractivity (Wildman–Crippen MR) is 150 cm³/mol. The van der Waals surface area contributed by atoms with Gasteiger partial charge in [-0.05, 0) is 37.5 Å². The van der Waals surface area contributed by atoms with Crippen LogP contribution >= 0.6 is 0 Å². The standard InChI is InChI=1S/C29H31F2N7O3/c1-40-25-4-2-3-22(31)28(25)29-32-9-5-26(36-29)35-27-13-23(37-10-6-21(30)24(39)17-37)20(15-33-27)18-14-34-38(16-18)19-7-11-41-12-8-19/h2-5,9,13-16,19,21,24,39H,6-8,10-12,17H2,1H3,(H,32,33,35,36)/t21-,24-/m1/s1. The molecule has 0 aliphatic carbocycles. The summed E-state index contributed by atoms with van der Waals surface area (Å²) in [6.45, 7) is 2.00. The number of hydrogen-bond acceptors (Lipinski definition) is 9. The number of piperidine rings is 1. The maximum Gasteiger partial charge on any atom is 0.168 e. The van der Waals surface area contributed by atoms with Gasteiger partial charge in [0.25, 0.3) is 0 Å². The maximum atomic E-state index is 14.7. The molecule has 4 aromatic rings. The molecule has 2 N–H and O–H groups in total. The van der Waals surface area contributed by atoms with Crippen LogP contribution in [0.25, 0.3) is 22.5 Å². The number of halogens is 2. The highest BCUT2D eigenvalue weighted by atomic mass is 19.1. The van der Waals surface area contributed by atoms with Crippen LogP contribution in [-0.2, 0) is 4.74 Å². The molecule has 0 spiro atoms. The number of β-amino-alcohol motifs (C(OH)–C–C–N with tert-alkyl or cyclic N) is 1. The van der Waals surface area contributed by atoms with E-state index in [2.05, 4.69) is 25.4 Å². The summed E-state index contributed by atoms with van der Waals surface area (Å²) in [4.78, 5) is 15.3. The van der Waals surface area contributed by atoms with Crippen molar-refractivity contribution in [2.24, 2.45) is 0 Å². The van der Waals surface area contributed by atoms with E-state index in [1.54, 1.807) is 30.6 Å². The summed E-state index contributed by atoms with van der Waals surface area (Å²) in [5.74, 6) is 0.866. The van der Waals surface area contributed by atoms with Crippen LogP contribution in [0.1, 0.15) is 25.3 Å². The first-order valence-corrected chi connectivity index (χ1v) is 13.6. The summed E-state index contributed by atoms with van der Waals surface area (Å²) in [5, 5.41) is 18.1. The van der Waals surface area contributed by atoms with E-state index in [1.807, 2.05) is 21.8 Å². The first-order valence-electron chi connectivity index (χ1n) is 13.6. The Hall–Kier alpha value is -4.16. The average molecular weight is 564 g/mol. The summed E-state index contributed by atoms with van der Waals surface area (Å²) >= 11 is 0. The van der Waals surface area contributed by atoms with Crippen LogP contribution in [0.2, 0.25) is 0 Å². The smallest absolute Gasteiger partial charge is 0.168 e. The molecule has 0 saturated carbocycles. The molecule has 0 bridgehead atoms. The van der Waals surface area contributed by atoms with Crippen LogP contribution in [0.4, 0.5) is 26.1 Å². The first-order chi connectivity index (χ1) is 20.0. The second-order valence-corrected chi connectivity index (χ2v) is 10.2. The van der Waals surface area contributed by atoms with Crippen LogP contribution in [0.5, 0.6) is 5.75 Å². The quantitative estimate of drug-likeness (QED) is 0.335. The number of anilines is 3. The van der Waals surface area contributed by atoms with Gasteiger partial charge in [-0.15, -0.1) is 0 Å². The van der Waals surface area contributed by atoms with E-state index in [0.29, 0.717) is 37.1 Å². The zero-order chi connectivity index (χ0) is 28.3. The number of alkyl halides is 1.